The molecule has 0 spiro atoms. The van der Waals surface area contributed by atoms with E-state index in [0.717, 1.165) is 37.8 Å². The van der Waals surface area contributed by atoms with Crippen LogP contribution in [-0.4, -0.2) is 31.1 Å². The van der Waals surface area contributed by atoms with Gasteiger partial charge in [-0.3, -0.25) is 0 Å². The van der Waals surface area contributed by atoms with Gasteiger partial charge in [-0.2, -0.15) is 0 Å². The zero-order chi connectivity index (χ0) is 20.7. The first-order valence-corrected chi connectivity index (χ1v) is 14.5. The van der Waals surface area contributed by atoms with Gasteiger partial charge in [0.1, 0.15) is 6.61 Å². The molecule has 0 N–H and O–H groups in total. The molecule has 0 heterocycles. The van der Waals surface area contributed by atoms with Gasteiger partial charge >= 0.3 is 11.5 Å². The topological polar surface area (TPSA) is 27.7 Å². The van der Waals surface area contributed by atoms with Gasteiger partial charge in [-0.1, -0.05) is 100 Å². The third-order valence-electron chi connectivity index (χ3n) is 4.87. The number of unbranched alkanes of at least 4 members (excludes halogenated alkanes) is 12. The largest absolute Gasteiger partial charge is 0.348 e. The number of halogens is 1. The van der Waals surface area contributed by atoms with Gasteiger partial charge in [-0.25, -0.2) is 0 Å². The predicted molar refractivity (Wildman–Crippen MR) is 129 cm³/mol. The summed E-state index contributed by atoms with van der Waals surface area (Å²) in [6.07, 6.45) is 22.0. The second-order valence-electron chi connectivity index (χ2n) is 7.69. The summed E-state index contributed by atoms with van der Waals surface area (Å²) in [7, 11) is 0. The zero-order valence-corrected chi connectivity index (χ0v) is 21.4. The molecule has 0 bridgehead atoms. The quantitative estimate of drug-likeness (QED) is 0.0634. The summed E-state index contributed by atoms with van der Waals surface area (Å²) in [6.45, 7) is 6.13. The van der Waals surface area contributed by atoms with Crippen LogP contribution in [0.4, 0.5) is 0 Å². The lowest BCUT2D eigenvalue weighted by Gasteiger charge is -2.15. The van der Waals surface area contributed by atoms with Gasteiger partial charge in [-0.05, 0) is 25.7 Å². The molecule has 0 amide bonds. The van der Waals surface area contributed by atoms with Gasteiger partial charge in [0.25, 0.3) is 0 Å². The monoisotopic (exact) mass is 483 g/mol. The van der Waals surface area contributed by atoms with Crippen LogP contribution in [0.25, 0.3) is 0 Å². The Kier molecular flexibility index (Phi) is 24.6. The van der Waals surface area contributed by atoms with E-state index in [1.807, 2.05) is 6.26 Å². The summed E-state index contributed by atoms with van der Waals surface area (Å²) in [6, 6.07) is 0. The Balaban J connectivity index is 3.96. The molecule has 0 aromatic rings. The van der Waals surface area contributed by atoms with Crippen molar-refractivity contribution in [3.05, 3.63) is 0 Å². The molecule has 0 saturated carbocycles. The molecule has 0 radical (unpaired) electrons. The number of alkyl halides is 1. The molecule has 0 aromatic heterocycles. The molecular formula is C23H48BrO3S+. The summed E-state index contributed by atoms with van der Waals surface area (Å²) in [5.41, 5.74) is 0. The Morgan fingerprint density at radius 1 is 0.679 bits per heavy atom. The molecule has 0 aromatic carbocycles. The fourth-order valence-corrected chi connectivity index (χ4v) is 4.33. The van der Waals surface area contributed by atoms with Crippen molar-refractivity contribution >= 4 is 27.4 Å². The lowest BCUT2D eigenvalue weighted by Crippen LogP contribution is -2.23. The van der Waals surface area contributed by atoms with Crippen LogP contribution in [0.15, 0.2) is 0 Å². The predicted octanol–water partition coefficient (Wildman–Crippen LogP) is 8.12. The maximum absolute atomic E-state index is 6.11. The SMILES string of the molecule is CCCCCCCCOC(CCCCCCC)O[S+](C)OCCCCCCBr. The van der Waals surface area contributed by atoms with E-state index in [4.69, 9.17) is 13.1 Å². The van der Waals surface area contributed by atoms with Crippen molar-refractivity contribution in [2.24, 2.45) is 0 Å². The van der Waals surface area contributed by atoms with Crippen molar-refractivity contribution in [3.8, 4) is 0 Å². The number of rotatable bonds is 23. The van der Waals surface area contributed by atoms with Crippen LogP contribution in [0.3, 0.4) is 0 Å². The van der Waals surface area contributed by atoms with Gasteiger partial charge in [0.15, 0.2) is 6.26 Å². The molecule has 0 aliphatic heterocycles. The summed E-state index contributed by atoms with van der Waals surface area (Å²) in [4.78, 5) is 0. The van der Waals surface area contributed by atoms with Crippen molar-refractivity contribution in [2.75, 3.05) is 24.8 Å². The van der Waals surface area contributed by atoms with Crippen LogP contribution in [0.5, 0.6) is 0 Å². The van der Waals surface area contributed by atoms with E-state index >= 15 is 0 Å². The van der Waals surface area contributed by atoms with E-state index in [-0.39, 0.29) is 6.29 Å². The van der Waals surface area contributed by atoms with Gasteiger partial charge in [0.05, 0.1) is 0 Å². The number of hydrogen-bond acceptors (Lipinski definition) is 3. The molecule has 170 valence electrons. The molecule has 0 rings (SSSR count). The highest BCUT2D eigenvalue weighted by molar-refractivity contribution is 9.09. The van der Waals surface area contributed by atoms with Crippen LogP contribution in [-0.2, 0) is 24.6 Å². The summed E-state index contributed by atoms with van der Waals surface area (Å²) in [5.74, 6) is 0. The number of ether oxygens (including phenoxy) is 1. The van der Waals surface area contributed by atoms with Crippen LogP contribution in [0, 0.1) is 0 Å². The van der Waals surface area contributed by atoms with Gasteiger partial charge in [0, 0.05) is 18.4 Å². The van der Waals surface area contributed by atoms with Crippen LogP contribution >= 0.6 is 15.9 Å². The van der Waals surface area contributed by atoms with E-state index in [1.165, 1.54) is 83.5 Å². The van der Waals surface area contributed by atoms with E-state index in [2.05, 4.69) is 29.8 Å². The molecular weight excluding hydrogens is 436 g/mol. The van der Waals surface area contributed by atoms with Crippen molar-refractivity contribution in [1.29, 1.82) is 0 Å². The highest BCUT2D eigenvalue weighted by atomic mass is 79.9. The maximum Gasteiger partial charge on any atom is 0.314 e. The highest BCUT2D eigenvalue weighted by Crippen LogP contribution is 2.15. The van der Waals surface area contributed by atoms with Gasteiger partial charge in [0.2, 0.25) is 6.29 Å². The fraction of sp³-hybridized carbons (Fsp3) is 1.00. The second kappa shape index (κ2) is 24.0. The number of hydrogen-bond donors (Lipinski definition) is 0. The maximum atomic E-state index is 6.11. The van der Waals surface area contributed by atoms with E-state index in [1.54, 1.807) is 0 Å². The molecule has 0 fully saturated rings. The highest BCUT2D eigenvalue weighted by Gasteiger charge is 2.23. The Morgan fingerprint density at radius 2 is 1.21 bits per heavy atom. The van der Waals surface area contributed by atoms with Crippen molar-refractivity contribution in [3.63, 3.8) is 0 Å². The minimum Gasteiger partial charge on any atom is -0.348 e. The van der Waals surface area contributed by atoms with Crippen LogP contribution in [0.2, 0.25) is 0 Å². The normalized spacial score (nSPS) is 13.7. The van der Waals surface area contributed by atoms with Crippen molar-refractivity contribution in [2.45, 2.75) is 123 Å². The first-order chi connectivity index (χ1) is 13.7. The first-order valence-electron chi connectivity index (χ1n) is 11.9. The Bertz CT molecular complexity index is 295. The van der Waals surface area contributed by atoms with Crippen molar-refractivity contribution in [1.82, 2.24) is 0 Å². The zero-order valence-electron chi connectivity index (χ0n) is 19.0. The Morgan fingerprint density at radius 3 is 1.86 bits per heavy atom. The smallest absolute Gasteiger partial charge is 0.314 e. The lowest BCUT2D eigenvalue weighted by atomic mass is 10.1. The molecule has 2 unspecified atom stereocenters. The fourth-order valence-electron chi connectivity index (χ4n) is 3.08. The van der Waals surface area contributed by atoms with E-state index < -0.39 is 11.5 Å². The molecule has 2 atom stereocenters. The summed E-state index contributed by atoms with van der Waals surface area (Å²) in [5, 5.41) is 1.10. The second-order valence-corrected chi connectivity index (χ2v) is 9.72. The third-order valence-corrected chi connectivity index (χ3v) is 6.41. The minimum absolute atomic E-state index is 0.0981. The standard InChI is InChI=1S/C23H48BrO3S/c1-4-6-8-10-13-17-21-25-23(19-15-11-9-7-5-2)27-28(3)26-22-18-14-12-16-20-24/h23H,4-22H2,1-3H3/q+1. The summed E-state index contributed by atoms with van der Waals surface area (Å²) < 4.78 is 18.1. The van der Waals surface area contributed by atoms with Gasteiger partial charge < -0.3 is 4.74 Å². The summed E-state index contributed by atoms with van der Waals surface area (Å²) >= 11 is 3.02. The molecule has 28 heavy (non-hydrogen) atoms. The van der Waals surface area contributed by atoms with E-state index in [0.29, 0.717) is 0 Å². The minimum atomic E-state index is -0.462. The van der Waals surface area contributed by atoms with E-state index in [9.17, 15) is 0 Å². The molecule has 0 saturated heterocycles. The Labute approximate surface area is 187 Å². The average Bonchev–Trinajstić information content (AvgIpc) is 2.69. The third kappa shape index (κ3) is 21.4. The average molecular weight is 485 g/mol. The van der Waals surface area contributed by atoms with Gasteiger partial charge in [-0.15, -0.1) is 8.37 Å². The lowest BCUT2D eigenvalue weighted by molar-refractivity contribution is -0.0835. The van der Waals surface area contributed by atoms with Crippen LogP contribution < -0.4 is 0 Å². The molecule has 5 heteroatoms. The van der Waals surface area contributed by atoms with Crippen LogP contribution in [0.1, 0.15) is 117 Å². The molecule has 0 aliphatic rings. The Hall–Kier alpha value is 0.710. The van der Waals surface area contributed by atoms with Crippen molar-refractivity contribution < 1.29 is 13.1 Å². The molecule has 0 aliphatic carbocycles. The molecule has 3 nitrogen and oxygen atoms in total. The first kappa shape index (κ1) is 28.7.